The van der Waals surface area contributed by atoms with Gasteiger partial charge in [0.2, 0.25) is 10.0 Å². The van der Waals surface area contributed by atoms with Crippen LogP contribution in [0.5, 0.6) is 0 Å². The largest absolute Gasteiger partial charge is 0.317 e. The highest BCUT2D eigenvalue weighted by Crippen LogP contribution is 2.20. The molecule has 0 radical (unpaired) electrons. The highest BCUT2D eigenvalue weighted by Gasteiger charge is 2.18. The van der Waals surface area contributed by atoms with E-state index < -0.39 is 10.0 Å². The lowest BCUT2D eigenvalue weighted by Crippen LogP contribution is -2.25. The molecule has 2 rings (SSSR count). The second kappa shape index (κ2) is 6.02. The first-order valence-electron chi connectivity index (χ1n) is 6.06. The van der Waals surface area contributed by atoms with E-state index in [4.69, 9.17) is 0 Å². The second-order valence-corrected chi connectivity index (χ2v) is 6.92. The van der Waals surface area contributed by atoms with Crippen molar-refractivity contribution in [3.63, 3.8) is 0 Å². The highest BCUT2D eigenvalue weighted by atomic mass is 79.9. The summed E-state index contributed by atoms with van der Waals surface area (Å²) in [6, 6.07) is 5.15. The number of benzene rings is 1. The fraction of sp³-hybridized carbons (Fsp3) is 0.333. The van der Waals surface area contributed by atoms with Crippen molar-refractivity contribution in [3.8, 4) is 0 Å². The first kappa shape index (κ1) is 15.1. The van der Waals surface area contributed by atoms with E-state index in [9.17, 15) is 8.42 Å². The minimum Gasteiger partial charge on any atom is -0.317 e. The van der Waals surface area contributed by atoms with Gasteiger partial charge in [0, 0.05) is 11.0 Å². The molecule has 1 heterocycles. The van der Waals surface area contributed by atoms with Gasteiger partial charge in [0.05, 0.1) is 11.4 Å². The van der Waals surface area contributed by atoms with E-state index in [0.717, 1.165) is 4.47 Å². The number of nitrogens with one attached hydrogen (secondary N) is 1. The van der Waals surface area contributed by atoms with Crippen LogP contribution in [0.25, 0.3) is 0 Å². The molecule has 108 valence electrons. The topological polar surface area (TPSA) is 76.9 Å². The summed E-state index contributed by atoms with van der Waals surface area (Å²) in [5, 5.41) is 7.67. The van der Waals surface area contributed by atoms with Gasteiger partial charge in [0.1, 0.15) is 12.2 Å². The summed E-state index contributed by atoms with van der Waals surface area (Å²) in [4.78, 5) is 0.259. The number of hydrogen-bond acceptors (Lipinski definition) is 4. The average molecular weight is 359 g/mol. The Morgan fingerprint density at radius 2 is 2.15 bits per heavy atom. The third kappa shape index (κ3) is 3.25. The number of nitrogens with zero attached hydrogens (tertiary/aromatic N) is 3. The van der Waals surface area contributed by atoms with E-state index in [1.54, 1.807) is 30.0 Å². The molecule has 0 fully saturated rings. The number of sulfonamides is 1. The minimum atomic E-state index is -3.58. The van der Waals surface area contributed by atoms with E-state index in [1.807, 2.05) is 13.0 Å². The quantitative estimate of drug-likeness (QED) is 0.884. The zero-order valence-corrected chi connectivity index (χ0v) is 13.6. The first-order valence-corrected chi connectivity index (χ1v) is 8.34. The molecule has 0 bridgehead atoms. The summed E-state index contributed by atoms with van der Waals surface area (Å²) in [6.45, 7) is 4.51. The third-order valence-corrected chi connectivity index (χ3v) is 4.93. The lowest BCUT2D eigenvalue weighted by Gasteiger charge is -2.10. The van der Waals surface area contributed by atoms with Crippen LogP contribution in [0.3, 0.4) is 0 Å². The number of rotatable bonds is 5. The van der Waals surface area contributed by atoms with Crippen molar-refractivity contribution in [2.24, 2.45) is 0 Å². The Bertz CT molecular complexity index is 712. The predicted octanol–water partition coefficient (Wildman–Crippen LogP) is 1.85. The Kier molecular flexibility index (Phi) is 4.56. The zero-order valence-electron chi connectivity index (χ0n) is 11.2. The van der Waals surface area contributed by atoms with Crippen molar-refractivity contribution in [3.05, 3.63) is 40.4 Å². The molecule has 0 amide bonds. The Morgan fingerprint density at radius 3 is 2.85 bits per heavy atom. The van der Waals surface area contributed by atoms with Crippen LogP contribution in [0, 0.1) is 6.92 Å². The standard InChI is InChI=1S/C12H15BrN4O2S/c1-3-17-8-14-16-12(17)7-15-20(18,19)11-6-10(13)5-4-9(11)2/h4-6,8,15H,3,7H2,1-2H3. The summed E-state index contributed by atoms with van der Waals surface area (Å²) in [5.74, 6) is 0.587. The molecule has 20 heavy (non-hydrogen) atoms. The van der Waals surface area contributed by atoms with Gasteiger partial charge in [-0.1, -0.05) is 22.0 Å². The first-order chi connectivity index (χ1) is 9.44. The SMILES string of the molecule is CCn1cnnc1CNS(=O)(=O)c1cc(Br)ccc1C. The van der Waals surface area contributed by atoms with E-state index in [1.165, 1.54) is 0 Å². The molecule has 1 aromatic carbocycles. The van der Waals surface area contributed by atoms with Crippen molar-refractivity contribution in [2.45, 2.75) is 31.8 Å². The van der Waals surface area contributed by atoms with Crippen molar-refractivity contribution < 1.29 is 8.42 Å². The minimum absolute atomic E-state index is 0.113. The smallest absolute Gasteiger partial charge is 0.241 e. The Balaban J connectivity index is 2.21. The van der Waals surface area contributed by atoms with Gasteiger partial charge in [0.15, 0.2) is 0 Å². The molecule has 1 N–H and O–H groups in total. The van der Waals surface area contributed by atoms with Crippen molar-refractivity contribution in [1.29, 1.82) is 0 Å². The number of aromatic nitrogens is 3. The maximum atomic E-state index is 12.3. The number of aryl methyl sites for hydroxylation is 2. The third-order valence-electron chi connectivity index (χ3n) is 2.90. The molecule has 0 spiro atoms. The van der Waals surface area contributed by atoms with Gasteiger partial charge >= 0.3 is 0 Å². The van der Waals surface area contributed by atoms with Crippen LogP contribution >= 0.6 is 15.9 Å². The second-order valence-electron chi connectivity index (χ2n) is 4.27. The van der Waals surface area contributed by atoms with Crippen LogP contribution < -0.4 is 4.72 Å². The van der Waals surface area contributed by atoms with Crippen molar-refractivity contribution in [1.82, 2.24) is 19.5 Å². The summed E-state index contributed by atoms with van der Waals surface area (Å²) in [5.41, 5.74) is 0.692. The van der Waals surface area contributed by atoms with Gasteiger partial charge in [-0.25, -0.2) is 13.1 Å². The Labute approximate surface area is 126 Å². The Morgan fingerprint density at radius 1 is 1.40 bits per heavy atom. The molecule has 2 aromatic rings. The molecule has 8 heteroatoms. The molecule has 0 atom stereocenters. The van der Waals surface area contributed by atoms with Gasteiger partial charge in [0.25, 0.3) is 0 Å². The molecule has 6 nitrogen and oxygen atoms in total. The van der Waals surface area contributed by atoms with E-state index in [0.29, 0.717) is 17.9 Å². The van der Waals surface area contributed by atoms with Crippen molar-refractivity contribution >= 4 is 26.0 Å². The van der Waals surface area contributed by atoms with Crippen LogP contribution in [0.4, 0.5) is 0 Å². The van der Waals surface area contributed by atoms with Crippen LogP contribution in [-0.4, -0.2) is 23.2 Å². The van der Waals surface area contributed by atoms with Crippen LogP contribution in [0.15, 0.2) is 33.9 Å². The summed E-state index contributed by atoms with van der Waals surface area (Å²) in [6.07, 6.45) is 1.58. The van der Waals surface area contributed by atoms with Crippen molar-refractivity contribution in [2.75, 3.05) is 0 Å². The van der Waals surface area contributed by atoms with Gasteiger partial charge in [-0.3, -0.25) is 0 Å². The Hall–Kier alpha value is -1.25. The summed E-state index contributed by atoms with van der Waals surface area (Å²) >= 11 is 3.28. The van der Waals surface area contributed by atoms with Crippen LogP contribution in [0.1, 0.15) is 18.3 Å². The van der Waals surface area contributed by atoms with E-state index in [2.05, 4.69) is 30.8 Å². The van der Waals surface area contributed by atoms with Gasteiger partial charge in [-0.2, -0.15) is 0 Å². The fourth-order valence-electron chi connectivity index (χ4n) is 1.78. The molecule has 0 saturated heterocycles. The maximum absolute atomic E-state index is 12.3. The van der Waals surface area contributed by atoms with Crippen LogP contribution in [0.2, 0.25) is 0 Å². The molecule has 0 aliphatic heterocycles. The summed E-state index contributed by atoms with van der Waals surface area (Å²) < 4.78 is 29.7. The summed E-state index contributed by atoms with van der Waals surface area (Å²) in [7, 11) is -3.58. The molecule has 0 aliphatic carbocycles. The van der Waals surface area contributed by atoms with Gasteiger partial charge < -0.3 is 4.57 Å². The molecular weight excluding hydrogens is 344 g/mol. The van der Waals surface area contributed by atoms with E-state index in [-0.39, 0.29) is 11.4 Å². The number of halogens is 1. The number of hydrogen-bond donors (Lipinski definition) is 1. The van der Waals surface area contributed by atoms with Gasteiger partial charge in [-0.15, -0.1) is 10.2 Å². The fourth-order valence-corrected chi connectivity index (χ4v) is 3.54. The monoisotopic (exact) mass is 358 g/mol. The predicted molar refractivity (Wildman–Crippen MR) is 78.6 cm³/mol. The normalized spacial score (nSPS) is 11.8. The van der Waals surface area contributed by atoms with E-state index >= 15 is 0 Å². The molecular formula is C12H15BrN4O2S. The molecule has 1 aromatic heterocycles. The lowest BCUT2D eigenvalue weighted by atomic mass is 10.2. The molecule has 0 unspecified atom stereocenters. The van der Waals surface area contributed by atoms with Crippen LogP contribution in [-0.2, 0) is 23.1 Å². The van der Waals surface area contributed by atoms with Gasteiger partial charge in [-0.05, 0) is 31.5 Å². The molecule has 0 aliphatic rings. The zero-order chi connectivity index (χ0) is 14.8. The highest BCUT2D eigenvalue weighted by molar-refractivity contribution is 9.10. The molecule has 0 saturated carbocycles. The lowest BCUT2D eigenvalue weighted by molar-refractivity contribution is 0.574. The maximum Gasteiger partial charge on any atom is 0.241 e. The average Bonchev–Trinajstić information content (AvgIpc) is 2.86.